The second-order valence-electron chi connectivity index (χ2n) is 7.95. The standard InChI is InChI=1S/C21H24N4O3/c22-10-13-1-4-16(5-2-13)23-11-14-3-6-17-15(9-14)12-25(21(17)28)18-7-8-19(26)24-20(18)27/h3,6,9,13,16,18,23H,1-2,4-5,7-8,11-12H2,(H,24,26,27). The highest BCUT2D eigenvalue weighted by Crippen LogP contribution is 2.28. The fourth-order valence-corrected chi connectivity index (χ4v) is 4.43. The number of benzene rings is 1. The monoisotopic (exact) mass is 380 g/mol. The zero-order chi connectivity index (χ0) is 19.7. The molecule has 7 heteroatoms. The van der Waals surface area contributed by atoms with E-state index in [0.717, 1.165) is 43.4 Å². The maximum atomic E-state index is 12.7. The van der Waals surface area contributed by atoms with Crippen LogP contribution < -0.4 is 10.6 Å². The van der Waals surface area contributed by atoms with Crippen molar-refractivity contribution in [2.75, 3.05) is 0 Å². The van der Waals surface area contributed by atoms with Gasteiger partial charge in [0, 0.05) is 37.0 Å². The number of amides is 3. The molecule has 1 unspecified atom stereocenters. The molecule has 0 radical (unpaired) electrons. The van der Waals surface area contributed by atoms with Gasteiger partial charge in [0.25, 0.3) is 5.91 Å². The van der Waals surface area contributed by atoms with Crippen LogP contribution in [0.15, 0.2) is 18.2 Å². The van der Waals surface area contributed by atoms with E-state index in [0.29, 0.717) is 24.6 Å². The first-order chi connectivity index (χ1) is 13.5. The third kappa shape index (κ3) is 3.65. The third-order valence-electron chi connectivity index (χ3n) is 6.09. The maximum absolute atomic E-state index is 12.7. The Morgan fingerprint density at radius 1 is 1.14 bits per heavy atom. The average Bonchev–Trinajstić information content (AvgIpc) is 3.02. The number of hydrogen-bond donors (Lipinski definition) is 2. The first kappa shape index (κ1) is 18.6. The summed E-state index contributed by atoms with van der Waals surface area (Å²) in [7, 11) is 0. The fraction of sp³-hybridized carbons (Fsp3) is 0.524. The third-order valence-corrected chi connectivity index (χ3v) is 6.09. The second-order valence-corrected chi connectivity index (χ2v) is 7.95. The van der Waals surface area contributed by atoms with Crippen LogP contribution in [0.25, 0.3) is 0 Å². The molecule has 1 aromatic rings. The summed E-state index contributed by atoms with van der Waals surface area (Å²) >= 11 is 0. The van der Waals surface area contributed by atoms with Crippen LogP contribution in [0.3, 0.4) is 0 Å². The Morgan fingerprint density at radius 3 is 2.64 bits per heavy atom. The van der Waals surface area contributed by atoms with E-state index in [4.69, 9.17) is 5.26 Å². The summed E-state index contributed by atoms with van der Waals surface area (Å²) in [5.41, 5.74) is 2.68. The van der Waals surface area contributed by atoms with Crippen molar-refractivity contribution in [2.24, 2.45) is 5.92 Å². The van der Waals surface area contributed by atoms with E-state index in [1.807, 2.05) is 18.2 Å². The summed E-state index contributed by atoms with van der Waals surface area (Å²) in [5, 5.41) is 14.9. The summed E-state index contributed by atoms with van der Waals surface area (Å²) in [6, 6.07) is 8.04. The number of piperidine rings is 1. The highest BCUT2D eigenvalue weighted by molar-refractivity contribution is 6.05. The van der Waals surface area contributed by atoms with Gasteiger partial charge in [-0.15, -0.1) is 0 Å². The molecule has 146 valence electrons. The Hall–Kier alpha value is -2.72. The molecule has 0 spiro atoms. The lowest BCUT2D eigenvalue weighted by molar-refractivity contribution is -0.136. The molecule has 0 aromatic heterocycles. The van der Waals surface area contributed by atoms with Crippen LogP contribution >= 0.6 is 0 Å². The lowest BCUT2D eigenvalue weighted by Crippen LogP contribution is -2.52. The van der Waals surface area contributed by atoms with Gasteiger partial charge in [0.05, 0.1) is 6.07 Å². The van der Waals surface area contributed by atoms with Gasteiger partial charge >= 0.3 is 0 Å². The number of nitriles is 1. The van der Waals surface area contributed by atoms with Crippen molar-refractivity contribution in [1.29, 1.82) is 5.26 Å². The number of carbonyl (C=O) groups excluding carboxylic acids is 3. The van der Waals surface area contributed by atoms with Crippen LogP contribution in [0.4, 0.5) is 0 Å². The van der Waals surface area contributed by atoms with E-state index < -0.39 is 6.04 Å². The Bertz CT molecular complexity index is 852. The van der Waals surface area contributed by atoms with Gasteiger partial charge in [-0.25, -0.2) is 0 Å². The molecule has 2 N–H and O–H groups in total. The molecular weight excluding hydrogens is 356 g/mol. The smallest absolute Gasteiger partial charge is 0.255 e. The minimum Gasteiger partial charge on any atom is -0.322 e. The number of rotatable bonds is 4. The van der Waals surface area contributed by atoms with Crippen molar-refractivity contribution < 1.29 is 14.4 Å². The highest BCUT2D eigenvalue weighted by Gasteiger charge is 2.39. The summed E-state index contributed by atoms with van der Waals surface area (Å²) < 4.78 is 0. The topological polar surface area (TPSA) is 102 Å². The second kappa shape index (κ2) is 7.72. The van der Waals surface area contributed by atoms with Gasteiger partial charge in [-0.1, -0.05) is 12.1 Å². The number of hydrogen-bond acceptors (Lipinski definition) is 5. The van der Waals surface area contributed by atoms with Crippen LogP contribution in [0, 0.1) is 17.2 Å². The maximum Gasteiger partial charge on any atom is 0.255 e. The molecule has 3 amide bonds. The zero-order valence-corrected chi connectivity index (χ0v) is 15.7. The highest BCUT2D eigenvalue weighted by atomic mass is 16.2. The van der Waals surface area contributed by atoms with E-state index in [1.54, 1.807) is 4.90 Å². The van der Waals surface area contributed by atoms with Crippen molar-refractivity contribution in [2.45, 2.75) is 63.7 Å². The Balaban J connectivity index is 1.38. The van der Waals surface area contributed by atoms with Gasteiger partial charge in [-0.3, -0.25) is 19.7 Å². The van der Waals surface area contributed by atoms with Gasteiger partial charge in [-0.05, 0) is 49.3 Å². The van der Waals surface area contributed by atoms with Gasteiger partial charge < -0.3 is 10.2 Å². The van der Waals surface area contributed by atoms with Crippen LogP contribution in [0.2, 0.25) is 0 Å². The van der Waals surface area contributed by atoms with Crippen LogP contribution in [-0.4, -0.2) is 34.7 Å². The van der Waals surface area contributed by atoms with Crippen LogP contribution in [-0.2, 0) is 22.7 Å². The van der Waals surface area contributed by atoms with E-state index >= 15 is 0 Å². The normalized spacial score (nSPS) is 27.3. The molecule has 0 bridgehead atoms. The minimum absolute atomic E-state index is 0.140. The van der Waals surface area contributed by atoms with Crippen LogP contribution in [0.5, 0.6) is 0 Å². The van der Waals surface area contributed by atoms with Crippen molar-refractivity contribution in [1.82, 2.24) is 15.5 Å². The summed E-state index contributed by atoms with van der Waals surface area (Å²) in [5.74, 6) is -0.601. The zero-order valence-electron chi connectivity index (χ0n) is 15.7. The molecule has 1 aromatic carbocycles. The lowest BCUT2D eigenvalue weighted by atomic mass is 9.87. The molecule has 2 fully saturated rings. The van der Waals surface area contributed by atoms with Crippen molar-refractivity contribution >= 4 is 17.7 Å². The molecule has 1 aliphatic carbocycles. The quantitative estimate of drug-likeness (QED) is 0.773. The molecule has 28 heavy (non-hydrogen) atoms. The molecule has 1 atom stereocenters. The Kier molecular flexibility index (Phi) is 5.14. The first-order valence-corrected chi connectivity index (χ1v) is 9.94. The van der Waals surface area contributed by atoms with Gasteiger partial charge in [0.2, 0.25) is 11.8 Å². The number of nitrogens with zero attached hydrogens (tertiary/aromatic N) is 2. The van der Waals surface area contributed by atoms with Crippen molar-refractivity contribution in [3.63, 3.8) is 0 Å². The Labute approximate surface area is 164 Å². The number of imide groups is 1. The van der Waals surface area contributed by atoms with Gasteiger partial charge in [0.1, 0.15) is 6.04 Å². The molecule has 3 aliphatic rings. The largest absolute Gasteiger partial charge is 0.322 e. The van der Waals surface area contributed by atoms with E-state index in [2.05, 4.69) is 16.7 Å². The lowest BCUT2D eigenvalue weighted by Gasteiger charge is -2.29. The first-order valence-electron chi connectivity index (χ1n) is 9.94. The number of nitrogens with one attached hydrogen (secondary N) is 2. The molecule has 1 saturated carbocycles. The Morgan fingerprint density at radius 2 is 1.93 bits per heavy atom. The van der Waals surface area contributed by atoms with Crippen molar-refractivity contribution in [3.05, 3.63) is 34.9 Å². The van der Waals surface area contributed by atoms with E-state index in [-0.39, 0.29) is 30.1 Å². The van der Waals surface area contributed by atoms with Crippen molar-refractivity contribution in [3.8, 4) is 6.07 Å². The average molecular weight is 380 g/mol. The molecule has 4 rings (SSSR count). The number of fused-ring (bicyclic) bond motifs is 1. The molecule has 2 aliphatic heterocycles. The molecule has 1 saturated heterocycles. The SMILES string of the molecule is N#CC1CCC(NCc2ccc3c(c2)CN(C2CCC(=O)NC2=O)C3=O)CC1. The summed E-state index contributed by atoms with van der Waals surface area (Å²) in [6.45, 7) is 1.13. The molecule has 7 nitrogen and oxygen atoms in total. The fourth-order valence-electron chi connectivity index (χ4n) is 4.43. The van der Waals surface area contributed by atoms with Gasteiger partial charge in [-0.2, -0.15) is 5.26 Å². The predicted octanol–water partition coefficient (Wildman–Crippen LogP) is 1.62. The number of carbonyl (C=O) groups is 3. The van der Waals surface area contributed by atoms with E-state index in [9.17, 15) is 14.4 Å². The molecule has 2 heterocycles. The summed E-state index contributed by atoms with van der Waals surface area (Å²) in [4.78, 5) is 37.8. The molecular formula is C21H24N4O3. The van der Waals surface area contributed by atoms with E-state index in [1.165, 1.54) is 0 Å². The minimum atomic E-state index is -0.575. The van der Waals surface area contributed by atoms with Crippen LogP contribution in [0.1, 0.15) is 60.0 Å². The predicted molar refractivity (Wildman–Crippen MR) is 101 cm³/mol. The summed E-state index contributed by atoms with van der Waals surface area (Å²) in [6.07, 6.45) is 4.58. The van der Waals surface area contributed by atoms with Gasteiger partial charge in [0.15, 0.2) is 0 Å².